The minimum absolute atomic E-state index is 0.0139. The van der Waals surface area contributed by atoms with Gasteiger partial charge < -0.3 is 15.0 Å². The Morgan fingerprint density at radius 1 is 1.47 bits per heavy atom. The lowest BCUT2D eigenvalue weighted by Crippen LogP contribution is -2.44. The lowest BCUT2D eigenvalue weighted by Gasteiger charge is -2.29. The second-order valence-electron chi connectivity index (χ2n) is 4.25. The van der Waals surface area contributed by atoms with Gasteiger partial charge in [0.1, 0.15) is 5.67 Å². The van der Waals surface area contributed by atoms with Crippen LogP contribution in [0.4, 0.5) is 4.39 Å². The van der Waals surface area contributed by atoms with Crippen molar-refractivity contribution in [1.82, 2.24) is 10.2 Å². The van der Waals surface area contributed by atoms with Crippen molar-refractivity contribution in [3.05, 3.63) is 0 Å². The third-order valence-corrected chi connectivity index (χ3v) is 3.02. The topological polar surface area (TPSA) is 41.6 Å². The third-order valence-electron chi connectivity index (χ3n) is 3.02. The van der Waals surface area contributed by atoms with E-state index in [-0.39, 0.29) is 12.3 Å². The Balaban J connectivity index is 1.85. The van der Waals surface area contributed by atoms with Crippen LogP contribution in [0.1, 0.15) is 12.8 Å². The molecule has 86 valence electrons. The van der Waals surface area contributed by atoms with E-state index in [9.17, 15) is 9.18 Å². The molecule has 2 saturated heterocycles. The summed E-state index contributed by atoms with van der Waals surface area (Å²) in [6.07, 6.45) is 0.461. The van der Waals surface area contributed by atoms with Crippen LogP contribution in [0.15, 0.2) is 0 Å². The van der Waals surface area contributed by atoms with Crippen molar-refractivity contribution in [2.45, 2.75) is 18.5 Å². The van der Waals surface area contributed by atoms with Crippen LogP contribution in [0.5, 0.6) is 0 Å². The minimum atomic E-state index is -1.32. The number of rotatable bonds is 2. The van der Waals surface area contributed by atoms with Gasteiger partial charge in [0, 0.05) is 19.6 Å². The van der Waals surface area contributed by atoms with Gasteiger partial charge in [-0.25, -0.2) is 4.39 Å². The zero-order valence-electron chi connectivity index (χ0n) is 8.80. The molecule has 4 nitrogen and oxygen atoms in total. The molecule has 2 aliphatic rings. The predicted octanol–water partition coefficient (Wildman–Crippen LogP) is -0.0631. The van der Waals surface area contributed by atoms with Crippen molar-refractivity contribution >= 4 is 5.91 Å². The maximum atomic E-state index is 14.0. The van der Waals surface area contributed by atoms with Crippen molar-refractivity contribution in [3.63, 3.8) is 0 Å². The number of hydrogen-bond acceptors (Lipinski definition) is 3. The molecule has 0 aromatic rings. The Bertz CT molecular complexity index is 236. The van der Waals surface area contributed by atoms with E-state index in [4.69, 9.17) is 4.74 Å². The Kier molecular flexibility index (Phi) is 3.21. The fourth-order valence-electron chi connectivity index (χ4n) is 2.06. The molecule has 0 aromatic heterocycles. The predicted molar refractivity (Wildman–Crippen MR) is 53.3 cm³/mol. The van der Waals surface area contributed by atoms with Gasteiger partial charge in [0.25, 0.3) is 0 Å². The lowest BCUT2D eigenvalue weighted by atomic mass is 10.0. The lowest BCUT2D eigenvalue weighted by molar-refractivity contribution is -0.137. The molecular weight excluding hydrogens is 199 g/mol. The summed E-state index contributed by atoms with van der Waals surface area (Å²) in [7, 11) is 0. The van der Waals surface area contributed by atoms with E-state index < -0.39 is 5.67 Å². The Morgan fingerprint density at radius 3 is 2.80 bits per heavy atom. The normalized spacial score (nSPS) is 31.9. The highest BCUT2D eigenvalue weighted by Crippen LogP contribution is 2.24. The zero-order valence-corrected chi connectivity index (χ0v) is 8.80. The molecule has 0 spiro atoms. The molecule has 1 N–H and O–H groups in total. The molecule has 0 aromatic carbocycles. The van der Waals surface area contributed by atoms with Gasteiger partial charge in [-0.1, -0.05) is 0 Å². The second kappa shape index (κ2) is 4.45. The zero-order chi connectivity index (χ0) is 10.7. The number of nitrogens with one attached hydrogen (secondary N) is 1. The van der Waals surface area contributed by atoms with Crippen molar-refractivity contribution < 1.29 is 13.9 Å². The number of carbonyl (C=O) groups is 1. The van der Waals surface area contributed by atoms with E-state index in [0.29, 0.717) is 45.8 Å². The fourth-order valence-corrected chi connectivity index (χ4v) is 2.06. The highest BCUT2D eigenvalue weighted by molar-refractivity contribution is 5.77. The van der Waals surface area contributed by atoms with Gasteiger partial charge in [-0.2, -0.15) is 0 Å². The molecule has 2 aliphatic heterocycles. The van der Waals surface area contributed by atoms with E-state index in [1.54, 1.807) is 4.90 Å². The number of carbonyl (C=O) groups excluding carboxylic acids is 1. The van der Waals surface area contributed by atoms with Crippen molar-refractivity contribution in [1.29, 1.82) is 0 Å². The number of amides is 1. The first-order valence-electron chi connectivity index (χ1n) is 5.45. The highest BCUT2D eigenvalue weighted by Gasteiger charge is 2.37. The van der Waals surface area contributed by atoms with Gasteiger partial charge in [0.15, 0.2) is 0 Å². The van der Waals surface area contributed by atoms with Crippen LogP contribution >= 0.6 is 0 Å². The Morgan fingerprint density at radius 2 is 2.20 bits per heavy atom. The van der Waals surface area contributed by atoms with E-state index >= 15 is 0 Å². The minimum Gasteiger partial charge on any atom is -0.378 e. The molecule has 0 bridgehead atoms. The number of ether oxygens (including phenoxy) is 1. The molecule has 2 fully saturated rings. The Hall–Kier alpha value is -0.680. The summed E-state index contributed by atoms with van der Waals surface area (Å²) in [5.74, 6) is -0.0792. The molecule has 0 aliphatic carbocycles. The molecule has 1 atom stereocenters. The smallest absolute Gasteiger partial charge is 0.226 e. The summed E-state index contributed by atoms with van der Waals surface area (Å²) in [5.41, 5.74) is -1.32. The van der Waals surface area contributed by atoms with E-state index in [0.717, 1.165) is 0 Å². The summed E-state index contributed by atoms with van der Waals surface area (Å²) < 4.78 is 19.1. The average Bonchev–Trinajstić information content (AvgIpc) is 2.66. The van der Waals surface area contributed by atoms with E-state index in [2.05, 4.69) is 5.32 Å². The van der Waals surface area contributed by atoms with Crippen LogP contribution in [-0.2, 0) is 9.53 Å². The number of alkyl halides is 1. The first kappa shape index (κ1) is 10.8. The van der Waals surface area contributed by atoms with Crippen LogP contribution in [-0.4, -0.2) is 55.9 Å². The van der Waals surface area contributed by atoms with Crippen LogP contribution in [0.2, 0.25) is 0 Å². The van der Waals surface area contributed by atoms with Gasteiger partial charge in [0.2, 0.25) is 5.91 Å². The summed E-state index contributed by atoms with van der Waals surface area (Å²) in [4.78, 5) is 13.5. The second-order valence-corrected chi connectivity index (χ2v) is 4.25. The molecule has 0 saturated carbocycles. The van der Waals surface area contributed by atoms with Crippen LogP contribution < -0.4 is 5.32 Å². The summed E-state index contributed by atoms with van der Waals surface area (Å²) in [5, 5.41) is 2.95. The maximum absolute atomic E-state index is 14.0. The maximum Gasteiger partial charge on any atom is 0.226 e. The van der Waals surface area contributed by atoms with Crippen molar-refractivity contribution in [2.24, 2.45) is 0 Å². The van der Waals surface area contributed by atoms with Crippen molar-refractivity contribution in [3.8, 4) is 0 Å². The van der Waals surface area contributed by atoms with Crippen LogP contribution in [0.3, 0.4) is 0 Å². The number of halogens is 1. The molecule has 1 amide bonds. The number of hydrogen-bond donors (Lipinski definition) is 1. The average molecular weight is 216 g/mol. The van der Waals surface area contributed by atoms with Gasteiger partial charge in [-0.15, -0.1) is 0 Å². The van der Waals surface area contributed by atoms with Gasteiger partial charge in [-0.3, -0.25) is 4.79 Å². The number of morpholine rings is 1. The van der Waals surface area contributed by atoms with Crippen LogP contribution in [0, 0.1) is 0 Å². The molecule has 2 heterocycles. The standard InChI is InChI=1S/C10H17FN2O2/c11-10(1-2-12-8-10)7-9(14)13-3-5-15-6-4-13/h12H,1-8H2. The van der Waals surface area contributed by atoms with Crippen LogP contribution in [0.25, 0.3) is 0 Å². The first-order chi connectivity index (χ1) is 7.20. The molecule has 1 unspecified atom stereocenters. The fraction of sp³-hybridized carbons (Fsp3) is 0.900. The quantitative estimate of drug-likeness (QED) is 0.703. The molecular formula is C10H17FN2O2. The molecule has 2 rings (SSSR count). The highest BCUT2D eigenvalue weighted by atomic mass is 19.1. The summed E-state index contributed by atoms with van der Waals surface area (Å²) in [6, 6.07) is 0. The Labute approximate surface area is 88.8 Å². The van der Waals surface area contributed by atoms with Gasteiger partial charge in [-0.05, 0) is 13.0 Å². The summed E-state index contributed by atoms with van der Waals surface area (Å²) in [6.45, 7) is 3.33. The first-order valence-corrected chi connectivity index (χ1v) is 5.45. The monoisotopic (exact) mass is 216 g/mol. The van der Waals surface area contributed by atoms with Crippen molar-refractivity contribution in [2.75, 3.05) is 39.4 Å². The molecule has 5 heteroatoms. The molecule has 15 heavy (non-hydrogen) atoms. The SMILES string of the molecule is O=C(CC1(F)CCNC1)N1CCOCC1. The largest absolute Gasteiger partial charge is 0.378 e. The van der Waals surface area contributed by atoms with E-state index in [1.807, 2.05) is 0 Å². The number of nitrogens with zero attached hydrogens (tertiary/aromatic N) is 1. The van der Waals surface area contributed by atoms with E-state index in [1.165, 1.54) is 0 Å². The third kappa shape index (κ3) is 2.66. The van der Waals surface area contributed by atoms with Gasteiger partial charge in [0.05, 0.1) is 19.6 Å². The van der Waals surface area contributed by atoms with Gasteiger partial charge >= 0.3 is 0 Å². The summed E-state index contributed by atoms with van der Waals surface area (Å²) >= 11 is 0. The molecule has 0 radical (unpaired) electrons.